The van der Waals surface area contributed by atoms with E-state index >= 15 is 0 Å². The van der Waals surface area contributed by atoms with Crippen molar-refractivity contribution in [2.45, 2.75) is 24.9 Å². The van der Waals surface area contributed by atoms with Crippen LogP contribution in [0.25, 0.3) is 0 Å². The third-order valence-electron chi connectivity index (χ3n) is 2.91. The van der Waals surface area contributed by atoms with Crippen LogP contribution in [-0.2, 0) is 16.1 Å². The topological polar surface area (TPSA) is 88.0 Å². The second kappa shape index (κ2) is 6.81. The molecule has 1 aromatic rings. The highest BCUT2D eigenvalue weighted by Crippen LogP contribution is 2.25. The van der Waals surface area contributed by atoms with Crippen molar-refractivity contribution in [1.82, 2.24) is 20.4 Å². The molecule has 118 valence electrons. The first-order valence-corrected chi connectivity index (χ1v) is 6.05. The summed E-state index contributed by atoms with van der Waals surface area (Å²) in [5.41, 5.74) is 0.357. The zero-order chi connectivity index (χ0) is 14.8. The van der Waals surface area contributed by atoms with E-state index in [1.165, 1.54) is 24.1 Å². The molecule has 2 rings (SSSR count). The first-order valence-electron chi connectivity index (χ1n) is 6.05. The van der Waals surface area contributed by atoms with Gasteiger partial charge in [-0.3, -0.25) is 19.6 Å². The summed E-state index contributed by atoms with van der Waals surface area (Å²) in [7, 11) is 1.50. The average molecular weight is 324 g/mol. The molecule has 7 nitrogen and oxygen atoms in total. The second-order valence-corrected chi connectivity index (χ2v) is 4.58. The molecule has 2 amide bonds. The van der Waals surface area contributed by atoms with Gasteiger partial charge in [0, 0.05) is 19.7 Å². The molecule has 1 saturated heterocycles. The maximum Gasteiger partial charge on any atom is 0.262 e. The number of amides is 2. The van der Waals surface area contributed by atoms with Crippen LogP contribution in [0.3, 0.4) is 0 Å². The molecule has 0 aliphatic carbocycles. The van der Waals surface area contributed by atoms with E-state index in [9.17, 15) is 18.4 Å². The molecule has 3 N–H and O–H groups in total. The molecule has 0 spiro atoms. The number of rotatable bonds is 4. The van der Waals surface area contributed by atoms with Gasteiger partial charge < -0.3 is 10.6 Å². The van der Waals surface area contributed by atoms with Crippen molar-refractivity contribution >= 4 is 29.9 Å². The van der Waals surface area contributed by atoms with Gasteiger partial charge in [-0.2, -0.15) is 5.10 Å². The molecule has 0 saturated carbocycles. The van der Waals surface area contributed by atoms with Gasteiger partial charge in [0.2, 0.25) is 11.8 Å². The van der Waals surface area contributed by atoms with Gasteiger partial charge in [0.05, 0.1) is 24.5 Å². The first kappa shape index (κ1) is 17.3. The van der Waals surface area contributed by atoms with Gasteiger partial charge in [0.1, 0.15) is 6.54 Å². The molecular formula is C11H16ClF2N5O2. The van der Waals surface area contributed by atoms with Crippen molar-refractivity contribution in [2.24, 2.45) is 0 Å². The molecule has 0 aromatic carbocycles. The Morgan fingerprint density at radius 2 is 2.29 bits per heavy atom. The molecule has 2 heterocycles. The average Bonchev–Trinajstić information content (AvgIpc) is 2.95. The number of halogens is 3. The van der Waals surface area contributed by atoms with E-state index in [-0.39, 0.29) is 24.9 Å². The predicted molar refractivity (Wildman–Crippen MR) is 73.5 cm³/mol. The SMILES string of the molecule is CNC(=O)Cn1cc(NC(=O)C2CC(F)(F)CN2)cn1.Cl. The smallest absolute Gasteiger partial charge is 0.262 e. The fourth-order valence-electron chi connectivity index (χ4n) is 1.87. The van der Waals surface area contributed by atoms with Crippen LogP contribution in [0.15, 0.2) is 12.4 Å². The van der Waals surface area contributed by atoms with Gasteiger partial charge >= 0.3 is 0 Å². The summed E-state index contributed by atoms with van der Waals surface area (Å²) < 4.78 is 27.3. The molecule has 1 aliphatic heterocycles. The monoisotopic (exact) mass is 323 g/mol. The Balaban J connectivity index is 0.00000220. The molecule has 0 radical (unpaired) electrons. The number of nitrogens with zero attached hydrogens (tertiary/aromatic N) is 2. The van der Waals surface area contributed by atoms with Gasteiger partial charge in [0.25, 0.3) is 5.92 Å². The minimum absolute atomic E-state index is 0. The zero-order valence-corrected chi connectivity index (χ0v) is 12.0. The Labute approximate surface area is 125 Å². The van der Waals surface area contributed by atoms with Gasteiger partial charge in [-0.25, -0.2) is 8.78 Å². The van der Waals surface area contributed by atoms with E-state index in [1.54, 1.807) is 0 Å². The van der Waals surface area contributed by atoms with Gasteiger partial charge in [-0.15, -0.1) is 12.4 Å². The third kappa shape index (κ3) is 4.64. The maximum atomic E-state index is 13.0. The molecule has 0 bridgehead atoms. The zero-order valence-electron chi connectivity index (χ0n) is 11.2. The highest BCUT2D eigenvalue weighted by molar-refractivity contribution is 5.95. The summed E-state index contributed by atoms with van der Waals surface area (Å²) in [6, 6.07) is -0.924. The lowest BCUT2D eigenvalue weighted by atomic mass is 10.2. The molecular weight excluding hydrogens is 308 g/mol. The van der Waals surface area contributed by atoms with E-state index in [1.807, 2.05) is 0 Å². The van der Waals surface area contributed by atoms with Crippen LogP contribution in [0.4, 0.5) is 14.5 Å². The van der Waals surface area contributed by atoms with Crippen LogP contribution in [0, 0.1) is 0 Å². The van der Waals surface area contributed by atoms with Crippen LogP contribution in [0.1, 0.15) is 6.42 Å². The highest BCUT2D eigenvalue weighted by atomic mass is 35.5. The number of hydrogen-bond donors (Lipinski definition) is 3. The first-order chi connectivity index (χ1) is 9.39. The fraction of sp³-hybridized carbons (Fsp3) is 0.545. The third-order valence-corrected chi connectivity index (χ3v) is 2.91. The Morgan fingerprint density at radius 1 is 1.57 bits per heavy atom. The van der Waals surface area contributed by atoms with Crippen LogP contribution in [-0.4, -0.2) is 47.2 Å². The Morgan fingerprint density at radius 3 is 2.86 bits per heavy atom. The molecule has 1 aromatic heterocycles. The molecule has 10 heteroatoms. The number of anilines is 1. The Kier molecular flexibility index (Phi) is 5.62. The lowest BCUT2D eigenvalue weighted by molar-refractivity contribution is -0.121. The maximum absolute atomic E-state index is 13.0. The van der Waals surface area contributed by atoms with Gasteiger partial charge in [-0.05, 0) is 0 Å². The minimum Gasteiger partial charge on any atom is -0.358 e. The van der Waals surface area contributed by atoms with E-state index in [4.69, 9.17) is 0 Å². The van der Waals surface area contributed by atoms with Crippen LogP contribution >= 0.6 is 12.4 Å². The van der Waals surface area contributed by atoms with Crippen LogP contribution < -0.4 is 16.0 Å². The normalized spacial score (nSPS) is 19.7. The Hall–Kier alpha value is -1.74. The predicted octanol–water partition coefficient (Wildman–Crippen LogP) is -0.0134. The van der Waals surface area contributed by atoms with Crippen molar-refractivity contribution in [3.05, 3.63) is 12.4 Å². The Bertz CT molecular complexity index is 522. The number of carbonyl (C=O) groups is 2. The summed E-state index contributed by atoms with van der Waals surface area (Å²) in [6.45, 7) is -0.479. The van der Waals surface area contributed by atoms with Crippen molar-refractivity contribution < 1.29 is 18.4 Å². The van der Waals surface area contributed by atoms with Gasteiger partial charge in [0.15, 0.2) is 0 Å². The quantitative estimate of drug-likeness (QED) is 0.727. The molecule has 21 heavy (non-hydrogen) atoms. The number of aromatic nitrogens is 2. The lowest BCUT2D eigenvalue weighted by Crippen LogP contribution is -2.35. The fourth-order valence-corrected chi connectivity index (χ4v) is 1.87. The standard InChI is InChI=1S/C11H15F2N5O2.ClH/c1-14-9(19)5-18-4-7(3-16-18)17-10(20)8-2-11(12,13)6-15-8;/h3-4,8,15H,2,5-6H2,1H3,(H,14,19)(H,17,20);1H. The summed E-state index contributed by atoms with van der Waals surface area (Å²) >= 11 is 0. The highest BCUT2D eigenvalue weighted by Gasteiger charge is 2.42. The van der Waals surface area contributed by atoms with E-state index < -0.39 is 30.8 Å². The van der Waals surface area contributed by atoms with E-state index in [0.29, 0.717) is 5.69 Å². The van der Waals surface area contributed by atoms with Crippen LogP contribution in [0.2, 0.25) is 0 Å². The summed E-state index contributed by atoms with van der Waals surface area (Å²) in [4.78, 5) is 22.9. The van der Waals surface area contributed by atoms with Crippen molar-refractivity contribution in [2.75, 3.05) is 18.9 Å². The molecule has 1 atom stereocenters. The number of alkyl halides is 2. The van der Waals surface area contributed by atoms with E-state index in [0.717, 1.165) is 0 Å². The van der Waals surface area contributed by atoms with Crippen LogP contribution in [0.5, 0.6) is 0 Å². The number of nitrogens with one attached hydrogen (secondary N) is 3. The summed E-state index contributed by atoms with van der Waals surface area (Å²) in [5, 5.41) is 11.3. The number of hydrogen-bond acceptors (Lipinski definition) is 4. The largest absolute Gasteiger partial charge is 0.358 e. The van der Waals surface area contributed by atoms with Crippen molar-refractivity contribution in [1.29, 1.82) is 0 Å². The van der Waals surface area contributed by atoms with E-state index in [2.05, 4.69) is 21.0 Å². The molecule has 1 aliphatic rings. The van der Waals surface area contributed by atoms with Gasteiger partial charge in [-0.1, -0.05) is 0 Å². The van der Waals surface area contributed by atoms with Crippen molar-refractivity contribution in [3.8, 4) is 0 Å². The number of carbonyl (C=O) groups excluding carboxylic acids is 2. The summed E-state index contributed by atoms with van der Waals surface area (Å²) in [5.74, 6) is -3.63. The lowest BCUT2D eigenvalue weighted by Gasteiger charge is -2.09. The molecule has 1 fully saturated rings. The summed E-state index contributed by atoms with van der Waals surface area (Å²) in [6.07, 6.45) is 2.29. The number of likely N-dealkylation sites (N-methyl/N-ethyl adjacent to an activating group) is 1. The second-order valence-electron chi connectivity index (χ2n) is 4.58. The van der Waals surface area contributed by atoms with Crippen molar-refractivity contribution in [3.63, 3.8) is 0 Å². The molecule has 1 unspecified atom stereocenters. The minimum atomic E-state index is -2.86.